The molecule has 0 fully saturated rings. The number of carbonyl (C=O) groups is 2. The highest BCUT2D eigenvalue weighted by Gasteiger charge is 2.15. The van der Waals surface area contributed by atoms with Gasteiger partial charge in [0.2, 0.25) is 5.91 Å². The third kappa shape index (κ3) is 4.34. The van der Waals surface area contributed by atoms with Crippen LogP contribution in [-0.2, 0) is 14.6 Å². The number of hydrogen-bond acceptors (Lipinski definition) is 5. The van der Waals surface area contributed by atoms with E-state index in [0.717, 1.165) is 6.26 Å². The van der Waals surface area contributed by atoms with Gasteiger partial charge in [0.15, 0.2) is 9.84 Å². The summed E-state index contributed by atoms with van der Waals surface area (Å²) in [5, 5.41) is 11.4. The van der Waals surface area contributed by atoms with Gasteiger partial charge in [-0.15, -0.1) is 0 Å². The predicted octanol–water partition coefficient (Wildman–Crippen LogP) is -1.33. The topological polar surface area (TPSA) is 127 Å². The maximum absolute atomic E-state index is 11.7. The number of aliphatic hydroxyl groups excluding tert-OH is 1. The molecule has 0 saturated heterocycles. The molecule has 1 aromatic carbocycles. The average Bonchev–Trinajstić information content (AvgIpc) is 2.34. The van der Waals surface area contributed by atoms with Crippen LogP contribution in [0.2, 0.25) is 0 Å². The van der Waals surface area contributed by atoms with Gasteiger partial charge < -0.3 is 16.2 Å². The summed E-state index contributed by atoms with van der Waals surface area (Å²) in [5.74, 6) is -1.56. The Bertz CT molecular complexity index is 597. The Morgan fingerprint density at radius 1 is 1.42 bits per heavy atom. The molecule has 19 heavy (non-hydrogen) atoms. The molecule has 0 saturated carbocycles. The van der Waals surface area contributed by atoms with E-state index in [0.29, 0.717) is 0 Å². The zero-order valence-electron chi connectivity index (χ0n) is 10.2. The van der Waals surface area contributed by atoms with Crippen LogP contribution in [0.3, 0.4) is 0 Å². The van der Waals surface area contributed by atoms with Crippen molar-refractivity contribution < 1.29 is 23.1 Å². The van der Waals surface area contributed by atoms with Gasteiger partial charge in [-0.2, -0.15) is 0 Å². The third-order valence-electron chi connectivity index (χ3n) is 2.31. The SMILES string of the molecule is CS(=O)(=O)c1cccc(C(=O)NCC(O)C(N)=O)c1. The summed E-state index contributed by atoms with van der Waals surface area (Å²) < 4.78 is 22.7. The number of hydrogen-bond donors (Lipinski definition) is 3. The summed E-state index contributed by atoms with van der Waals surface area (Å²) in [7, 11) is -3.41. The van der Waals surface area contributed by atoms with Crippen molar-refractivity contribution in [2.45, 2.75) is 11.0 Å². The first-order valence-corrected chi connectivity index (χ1v) is 7.16. The highest BCUT2D eigenvalue weighted by Crippen LogP contribution is 2.11. The summed E-state index contributed by atoms with van der Waals surface area (Å²) in [4.78, 5) is 22.3. The fourth-order valence-corrected chi connectivity index (χ4v) is 1.93. The maximum Gasteiger partial charge on any atom is 0.251 e. The molecule has 1 rings (SSSR count). The van der Waals surface area contributed by atoms with E-state index in [1.165, 1.54) is 24.3 Å². The Hall–Kier alpha value is -1.93. The van der Waals surface area contributed by atoms with Crippen LogP contribution < -0.4 is 11.1 Å². The van der Waals surface area contributed by atoms with Crippen molar-refractivity contribution in [1.29, 1.82) is 0 Å². The van der Waals surface area contributed by atoms with Gasteiger partial charge in [0, 0.05) is 11.8 Å². The predicted molar refractivity (Wildman–Crippen MR) is 67.1 cm³/mol. The molecule has 1 aromatic rings. The molecular weight excluding hydrogens is 272 g/mol. The van der Waals surface area contributed by atoms with Gasteiger partial charge in [-0.05, 0) is 18.2 Å². The molecule has 0 aromatic heterocycles. The first-order valence-electron chi connectivity index (χ1n) is 5.27. The Morgan fingerprint density at radius 3 is 2.58 bits per heavy atom. The second kappa shape index (κ2) is 5.81. The van der Waals surface area contributed by atoms with E-state index in [9.17, 15) is 18.0 Å². The van der Waals surface area contributed by atoms with Crippen LogP contribution in [0.25, 0.3) is 0 Å². The van der Waals surface area contributed by atoms with Crippen molar-refractivity contribution in [2.24, 2.45) is 5.73 Å². The van der Waals surface area contributed by atoms with Gasteiger partial charge in [0.25, 0.3) is 5.91 Å². The van der Waals surface area contributed by atoms with Crippen LogP contribution in [0.4, 0.5) is 0 Å². The van der Waals surface area contributed by atoms with Gasteiger partial charge >= 0.3 is 0 Å². The molecule has 1 atom stereocenters. The van der Waals surface area contributed by atoms with Crippen molar-refractivity contribution in [2.75, 3.05) is 12.8 Å². The molecule has 0 radical (unpaired) electrons. The number of nitrogens with two attached hydrogens (primary N) is 1. The number of amides is 2. The molecule has 4 N–H and O–H groups in total. The largest absolute Gasteiger partial charge is 0.381 e. The Morgan fingerprint density at radius 2 is 2.05 bits per heavy atom. The smallest absolute Gasteiger partial charge is 0.251 e. The number of sulfone groups is 1. The first kappa shape index (κ1) is 15.1. The van der Waals surface area contributed by atoms with Crippen LogP contribution >= 0.6 is 0 Å². The van der Waals surface area contributed by atoms with Gasteiger partial charge in [-0.25, -0.2) is 8.42 Å². The van der Waals surface area contributed by atoms with Gasteiger partial charge in [-0.3, -0.25) is 9.59 Å². The van der Waals surface area contributed by atoms with E-state index in [1.807, 2.05) is 0 Å². The first-order chi connectivity index (χ1) is 8.71. The van der Waals surface area contributed by atoms with E-state index in [4.69, 9.17) is 10.8 Å². The minimum atomic E-state index is -3.41. The van der Waals surface area contributed by atoms with Crippen molar-refractivity contribution >= 4 is 21.7 Å². The molecule has 2 amide bonds. The van der Waals surface area contributed by atoms with Crippen LogP contribution in [-0.4, -0.2) is 44.2 Å². The number of benzene rings is 1. The van der Waals surface area contributed by atoms with Crippen LogP contribution in [0, 0.1) is 0 Å². The lowest BCUT2D eigenvalue weighted by atomic mass is 10.2. The Kier molecular flexibility index (Phi) is 4.62. The molecular formula is C11H14N2O5S. The van der Waals surface area contributed by atoms with Crippen LogP contribution in [0.1, 0.15) is 10.4 Å². The standard InChI is InChI=1S/C11H14N2O5S/c1-19(17,18)8-4-2-3-7(5-8)11(16)13-6-9(14)10(12)15/h2-5,9,14H,6H2,1H3,(H2,12,15)(H,13,16). The van der Waals surface area contributed by atoms with Crippen LogP contribution in [0.15, 0.2) is 29.2 Å². The van der Waals surface area contributed by atoms with Gasteiger partial charge in [0.05, 0.1) is 11.4 Å². The summed E-state index contributed by atoms with van der Waals surface area (Å²) >= 11 is 0. The lowest BCUT2D eigenvalue weighted by molar-refractivity contribution is -0.125. The average molecular weight is 286 g/mol. The normalized spacial score (nSPS) is 12.7. The van der Waals surface area contributed by atoms with E-state index in [1.54, 1.807) is 0 Å². The second-order valence-corrected chi connectivity index (χ2v) is 5.94. The van der Waals surface area contributed by atoms with Gasteiger partial charge in [0.1, 0.15) is 6.10 Å². The molecule has 0 aliphatic rings. The van der Waals surface area contributed by atoms with Crippen molar-refractivity contribution in [3.8, 4) is 0 Å². The van der Waals surface area contributed by atoms with E-state index in [2.05, 4.69) is 5.32 Å². The van der Waals surface area contributed by atoms with Crippen molar-refractivity contribution in [3.63, 3.8) is 0 Å². The lowest BCUT2D eigenvalue weighted by Gasteiger charge is -2.09. The highest BCUT2D eigenvalue weighted by atomic mass is 32.2. The van der Waals surface area contributed by atoms with Gasteiger partial charge in [-0.1, -0.05) is 6.07 Å². The lowest BCUT2D eigenvalue weighted by Crippen LogP contribution is -2.40. The zero-order chi connectivity index (χ0) is 14.6. The second-order valence-electron chi connectivity index (χ2n) is 3.93. The van der Waals surface area contributed by atoms with Crippen LogP contribution in [0.5, 0.6) is 0 Å². The zero-order valence-corrected chi connectivity index (χ0v) is 11.0. The quantitative estimate of drug-likeness (QED) is 0.618. The Balaban J connectivity index is 2.81. The summed E-state index contributed by atoms with van der Waals surface area (Å²) in [5.41, 5.74) is 4.93. The summed E-state index contributed by atoms with van der Waals surface area (Å²) in [6, 6.07) is 5.42. The molecule has 1 unspecified atom stereocenters. The van der Waals surface area contributed by atoms with E-state index < -0.39 is 27.8 Å². The third-order valence-corrected chi connectivity index (χ3v) is 3.42. The summed E-state index contributed by atoms with van der Waals surface area (Å²) in [6.45, 7) is -0.336. The number of primary amides is 1. The minimum Gasteiger partial charge on any atom is -0.381 e. The molecule has 8 heteroatoms. The van der Waals surface area contributed by atoms with Crippen molar-refractivity contribution in [1.82, 2.24) is 5.32 Å². The van der Waals surface area contributed by atoms with Crippen molar-refractivity contribution in [3.05, 3.63) is 29.8 Å². The minimum absolute atomic E-state index is 0.00981. The highest BCUT2D eigenvalue weighted by molar-refractivity contribution is 7.90. The fourth-order valence-electron chi connectivity index (χ4n) is 1.26. The summed E-state index contributed by atoms with van der Waals surface area (Å²) in [6.07, 6.45) is -0.456. The molecule has 0 aliphatic carbocycles. The molecule has 104 valence electrons. The molecule has 0 spiro atoms. The fraction of sp³-hybridized carbons (Fsp3) is 0.273. The van der Waals surface area contributed by atoms with E-state index >= 15 is 0 Å². The molecule has 0 heterocycles. The molecule has 0 bridgehead atoms. The number of carbonyl (C=O) groups excluding carboxylic acids is 2. The molecule has 0 aliphatic heterocycles. The molecule has 7 nitrogen and oxygen atoms in total. The number of nitrogens with one attached hydrogen (secondary N) is 1. The van der Waals surface area contributed by atoms with E-state index in [-0.39, 0.29) is 17.0 Å². The Labute approximate surface area is 110 Å². The maximum atomic E-state index is 11.7. The monoisotopic (exact) mass is 286 g/mol. The number of aliphatic hydroxyl groups is 1. The number of rotatable bonds is 5.